The summed E-state index contributed by atoms with van der Waals surface area (Å²) in [7, 11) is 0. The summed E-state index contributed by atoms with van der Waals surface area (Å²) < 4.78 is 4.61. The van der Waals surface area contributed by atoms with Gasteiger partial charge in [0.05, 0.1) is 16.0 Å². The first kappa shape index (κ1) is 13.3. The molecule has 0 bridgehead atoms. The Morgan fingerprint density at radius 2 is 2.19 bits per heavy atom. The Balaban J connectivity index is 2.03. The standard InChI is InChI=1S/C12H12N4O5/c1-12(11(17)18)4-5-15(6-12)7-2-3-8(16(19)20)10-9(7)13-21-14-10/h2-3H,4-6H2,1H3,(H,17,18). The van der Waals surface area contributed by atoms with Crippen LogP contribution in [0.2, 0.25) is 0 Å². The van der Waals surface area contributed by atoms with Crippen LogP contribution in [0.3, 0.4) is 0 Å². The number of hydrogen-bond donors (Lipinski definition) is 1. The quantitative estimate of drug-likeness (QED) is 0.665. The third-order valence-corrected chi connectivity index (χ3v) is 3.90. The number of carboxylic acid groups (broad SMARTS) is 1. The predicted molar refractivity (Wildman–Crippen MR) is 71.0 cm³/mol. The Labute approximate surface area is 118 Å². The number of rotatable bonds is 3. The Bertz CT molecular complexity index is 742. The molecule has 1 atom stereocenters. The van der Waals surface area contributed by atoms with Gasteiger partial charge in [0.15, 0.2) is 5.52 Å². The fourth-order valence-corrected chi connectivity index (χ4v) is 2.58. The van der Waals surface area contributed by atoms with Crippen molar-refractivity contribution in [1.29, 1.82) is 0 Å². The van der Waals surface area contributed by atoms with Crippen LogP contribution in [-0.2, 0) is 4.79 Å². The van der Waals surface area contributed by atoms with E-state index >= 15 is 0 Å². The molecule has 2 heterocycles. The second kappa shape index (κ2) is 4.40. The van der Waals surface area contributed by atoms with Crippen molar-refractivity contribution in [3.05, 3.63) is 22.2 Å². The number of carboxylic acids is 1. The van der Waals surface area contributed by atoms with E-state index in [4.69, 9.17) is 0 Å². The zero-order chi connectivity index (χ0) is 15.2. The number of fused-ring (bicyclic) bond motifs is 1. The average molecular weight is 292 g/mol. The molecule has 1 unspecified atom stereocenters. The van der Waals surface area contributed by atoms with Crippen molar-refractivity contribution in [2.75, 3.05) is 18.0 Å². The van der Waals surface area contributed by atoms with E-state index < -0.39 is 16.3 Å². The lowest BCUT2D eigenvalue weighted by Crippen LogP contribution is -2.31. The molecule has 0 spiro atoms. The zero-order valence-electron chi connectivity index (χ0n) is 11.1. The van der Waals surface area contributed by atoms with Gasteiger partial charge in [0.2, 0.25) is 5.52 Å². The summed E-state index contributed by atoms with van der Waals surface area (Å²) in [5.41, 5.74) is -0.0806. The summed E-state index contributed by atoms with van der Waals surface area (Å²) in [6.45, 7) is 2.52. The summed E-state index contributed by atoms with van der Waals surface area (Å²) in [6.07, 6.45) is 0.492. The molecule has 0 saturated carbocycles. The number of nitro benzene ring substituents is 1. The fraction of sp³-hybridized carbons (Fsp3) is 0.417. The lowest BCUT2D eigenvalue weighted by atomic mass is 9.90. The van der Waals surface area contributed by atoms with Crippen LogP contribution in [0, 0.1) is 15.5 Å². The van der Waals surface area contributed by atoms with Gasteiger partial charge in [0.1, 0.15) is 0 Å². The first-order valence-corrected chi connectivity index (χ1v) is 6.30. The third-order valence-electron chi connectivity index (χ3n) is 3.90. The predicted octanol–water partition coefficient (Wildman–Crippen LogP) is 1.43. The molecule has 1 N–H and O–H groups in total. The van der Waals surface area contributed by atoms with Gasteiger partial charge in [-0.1, -0.05) is 0 Å². The van der Waals surface area contributed by atoms with Gasteiger partial charge < -0.3 is 10.0 Å². The molecule has 1 aromatic heterocycles. The minimum atomic E-state index is -0.860. The van der Waals surface area contributed by atoms with E-state index in [2.05, 4.69) is 14.9 Å². The third kappa shape index (κ3) is 1.97. The van der Waals surface area contributed by atoms with Gasteiger partial charge in [-0.05, 0) is 29.7 Å². The molecule has 0 aliphatic carbocycles. The summed E-state index contributed by atoms with van der Waals surface area (Å²) in [5, 5.41) is 27.5. The molecule has 1 aliphatic heterocycles. The van der Waals surface area contributed by atoms with E-state index in [1.54, 1.807) is 13.0 Å². The van der Waals surface area contributed by atoms with Crippen LogP contribution in [-0.4, -0.2) is 39.4 Å². The van der Waals surface area contributed by atoms with E-state index in [9.17, 15) is 20.0 Å². The zero-order valence-corrected chi connectivity index (χ0v) is 11.1. The molecular formula is C12H12N4O5. The number of aromatic nitrogens is 2. The van der Waals surface area contributed by atoms with Gasteiger partial charge in [-0.15, -0.1) is 0 Å². The first-order chi connectivity index (χ1) is 9.92. The fourth-order valence-electron chi connectivity index (χ4n) is 2.58. The minimum Gasteiger partial charge on any atom is -0.481 e. The first-order valence-electron chi connectivity index (χ1n) is 6.30. The molecule has 0 amide bonds. The summed E-state index contributed by atoms with van der Waals surface area (Å²) in [4.78, 5) is 23.5. The summed E-state index contributed by atoms with van der Waals surface area (Å²) >= 11 is 0. The van der Waals surface area contributed by atoms with Gasteiger partial charge >= 0.3 is 11.7 Å². The number of nitro groups is 1. The Kier molecular flexibility index (Phi) is 2.78. The van der Waals surface area contributed by atoms with Gasteiger partial charge in [0, 0.05) is 19.2 Å². The van der Waals surface area contributed by atoms with Crippen molar-refractivity contribution in [1.82, 2.24) is 10.3 Å². The number of anilines is 1. The van der Waals surface area contributed by atoms with Crippen LogP contribution in [0.1, 0.15) is 13.3 Å². The molecule has 110 valence electrons. The number of carbonyl (C=O) groups is 1. The second-order valence-corrected chi connectivity index (χ2v) is 5.36. The molecule has 1 saturated heterocycles. The molecular weight excluding hydrogens is 280 g/mol. The highest BCUT2D eigenvalue weighted by Gasteiger charge is 2.41. The van der Waals surface area contributed by atoms with E-state index in [0.29, 0.717) is 25.2 Å². The summed E-state index contributed by atoms with van der Waals surface area (Å²) in [5.74, 6) is -0.860. The van der Waals surface area contributed by atoms with Crippen LogP contribution in [0.15, 0.2) is 16.8 Å². The van der Waals surface area contributed by atoms with Crippen molar-refractivity contribution >= 4 is 28.4 Å². The maximum Gasteiger partial charge on any atom is 0.311 e. The van der Waals surface area contributed by atoms with Crippen LogP contribution >= 0.6 is 0 Å². The number of hydrogen-bond acceptors (Lipinski definition) is 7. The summed E-state index contributed by atoms with van der Waals surface area (Å²) in [6, 6.07) is 2.89. The van der Waals surface area contributed by atoms with Gasteiger partial charge in [0.25, 0.3) is 0 Å². The lowest BCUT2D eigenvalue weighted by molar-refractivity contribution is -0.383. The van der Waals surface area contributed by atoms with Crippen LogP contribution in [0.25, 0.3) is 11.0 Å². The van der Waals surface area contributed by atoms with E-state index in [-0.39, 0.29) is 16.7 Å². The van der Waals surface area contributed by atoms with Crippen molar-refractivity contribution < 1.29 is 19.5 Å². The van der Waals surface area contributed by atoms with Crippen LogP contribution in [0.4, 0.5) is 11.4 Å². The van der Waals surface area contributed by atoms with E-state index in [1.807, 2.05) is 4.90 Å². The Morgan fingerprint density at radius 1 is 1.48 bits per heavy atom. The largest absolute Gasteiger partial charge is 0.481 e. The average Bonchev–Trinajstić information content (AvgIpc) is 3.04. The SMILES string of the molecule is CC1(C(=O)O)CCN(c2ccc([N+](=O)[O-])c3nonc23)C1. The Morgan fingerprint density at radius 3 is 2.81 bits per heavy atom. The highest BCUT2D eigenvalue weighted by atomic mass is 16.6. The molecule has 1 aromatic carbocycles. The number of benzene rings is 1. The monoisotopic (exact) mass is 292 g/mol. The molecule has 3 rings (SSSR count). The Hall–Kier alpha value is -2.71. The maximum atomic E-state index is 11.3. The smallest absolute Gasteiger partial charge is 0.311 e. The number of nitrogens with zero attached hydrogens (tertiary/aromatic N) is 4. The van der Waals surface area contributed by atoms with Crippen molar-refractivity contribution in [2.45, 2.75) is 13.3 Å². The molecule has 9 nitrogen and oxygen atoms in total. The highest BCUT2D eigenvalue weighted by molar-refractivity contribution is 5.94. The second-order valence-electron chi connectivity index (χ2n) is 5.36. The van der Waals surface area contributed by atoms with Crippen LogP contribution in [0.5, 0.6) is 0 Å². The van der Waals surface area contributed by atoms with Gasteiger partial charge in [-0.25, -0.2) is 4.63 Å². The van der Waals surface area contributed by atoms with Crippen molar-refractivity contribution in [2.24, 2.45) is 5.41 Å². The lowest BCUT2D eigenvalue weighted by Gasteiger charge is -2.21. The van der Waals surface area contributed by atoms with Crippen LogP contribution < -0.4 is 4.90 Å². The van der Waals surface area contributed by atoms with Crippen molar-refractivity contribution in [3.63, 3.8) is 0 Å². The molecule has 2 aromatic rings. The maximum absolute atomic E-state index is 11.3. The molecule has 9 heteroatoms. The number of non-ortho nitro benzene ring substituents is 1. The normalized spacial score (nSPS) is 21.9. The molecule has 1 fully saturated rings. The topological polar surface area (TPSA) is 123 Å². The molecule has 0 radical (unpaired) electrons. The van der Waals surface area contributed by atoms with Gasteiger partial charge in [-0.2, -0.15) is 0 Å². The minimum absolute atomic E-state index is 0.0708. The van der Waals surface area contributed by atoms with E-state index in [0.717, 1.165) is 0 Å². The molecule has 21 heavy (non-hydrogen) atoms. The van der Waals surface area contributed by atoms with Gasteiger partial charge in [-0.3, -0.25) is 14.9 Å². The van der Waals surface area contributed by atoms with E-state index in [1.165, 1.54) is 6.07 Å². The molecule has 1 aliphatic rings. The number of aliphatic carboxylic acids is 1. The highest BCUT2D eigenvalue weighted by Crippen LogP contribution is 2.37. The van der Waals surface area contributed by atoms with Crippen molar-refractivity contribution in [3.8, 4) is 0 Å².